The maximum atomic E-state index is 7.40. The average molecular weight is 674 g/mol. The first-order chi connectivity index (χ1) is 25.6. The van der Waals surface area contributed by atoms with Crippen LogP contribution in [0.15, 0.2) is 157 Å². The molecule has 4 heterocycles. The number of aromatic nitrogens is 3. The second-order valence-electron chi connectivity index (χ2n) is 12.6. The number of benzene rings is 3. The van der Waals surface area contributed by atoms with Crippen LogP contribution in [0.1, 0.15) is 38.3 Å². The summed E-state index contributed by atoms with van der Waals surface area (Å²) in [5, 5.41) is 11.6. The third-order valence-corrected chi connectivity index (χ3v) is 9.31. The number of pyridine rings is 3. The number of fused-ring (bicyclic) bond motifs is 2. The molecule has 0 fully saturated rings. The van der Waals surface area contributed by atoms with Crippen LogP contribution in [-0.2, 0) is 0 Å². The average Bonchev–Trinajstić information content (AvgIpc) is 3.18. The van der Waals surface area contributed by atoms with E-state index in [0.717, 1.165) is 83.7 Å². The first-order valence-corrected chi connectivity index (χ1v) is 17.5. The second-order valence-corrected chi connectivity index (χ2v) is 12.6. The monoisotopic (exact) mass is 673 g/mol. The van der Waals surface area contributed by atoms with Crippen LogP contribution in [0, 0.1) is 5.41 Å². The van der Waals surface area contributed by atoms with Crippen LogP contribution >= 0.6 is 0 Å². The van der Waals surface area contributed by atoms with E-state index >= 15 is 0 Å². The van der Waals surface area contributed by atoms with Crippen LogP contribution < -0.4 is 10.6 Å². The third-order valence-electron chi connectivity index (χ3n) is 9.31. The maximum Gasteiger partial charge on any atom is 0.0808 e. The molecule has 0 radical (unpaired) electrons. The fourth-order valence-electron chi connectivity index (χ4n) is 6.67. The van der Waals surface area contributed by atoms with E-state index in [9.17, 15) is 0 Å². The van der Waals surface area contributed by atoms with Gasteiger partial charge in [0.2, 0.25) is 0 Å². The van der Waals surface area contributed by atoms with E-state index in [-0.39, 0.29) is 0 Å². The van der Waals surface area contributed by atoms with Gasteiger partial charge in [0.05, 0.1) is 16.7 Å². The van der Waals surface area contributed by atoms with Gasteiger partial charge in [-0.3, -0.25) is 19.9 Å². The smallest absolute Gasteiger partial charge is 0.0808 e. The number of hydrogen-bond acceptors (Lipinski definition) is 5. The lowest BCUT2D eigenvalue weighted by Crippen LogP contribution is -2.35. The predicted octanol–water partition coefficient (Wildman–Crippen LogP) is 10.6. The minimum absolute atomic E-state index is 0.899. The molecule has 0 unspecified atom stereocenters. The van der Waals surface area contributed by atoms with Crippen molar-refractivity contribution in [1.82, 2.24) is 15.0 Å². The van der Waals surface area contributed by atoms with Crippen LogP contribution in [0.2, 0.25) is 0 Å². The Morgan fingerprint density at radius 3 is 2.08 bits per heavy atom. The van der Waals surface area contributed by atoms with Crippen molar-refractivity contribution in [2.45, 2.75) is 27.2 Å². The van der Waals surface area contributed by atoms with Crippen molar-refractivity contribution in [2.75, 3.05) is 0 Å². The second kappa shape index (κ2) is 15.5. The lowest BCUT2D eigenvalue weighted by Gasteiger charge is -2.19. The summed E-state index contributed by atoms with van der Waals surface area (Å²) in [6.07, 6.45) is 27.8. The molecule has 0 amide bonds. The summed E-state index contributed by atoms with van der Waals surface area (Å²) in [5.41, 5.74) is 12.9. The fraction of sp³-hybridized carbons (Fsp3) is 0.0851. The predicted molar refractivity (Wildman–Crippen MR) is 218 cm³/mol. The lowest BCUT2D eigenvalue weighted by molar-refractivity contribution is 1.10. The SMILES string of the molecule is C\C=C/C=C\C(=C(/C)CC)c1cc(/C=C/C=C\C=N)cc(-c2c3c(c(-c4cc(-c5ccccn5)cc(-c5ccccn5)c4)c4cnccc24)=CN=3)c1. The normalized spacial score (nSPS) is 13.0. The lowest BCUT2D eigenvalue weighted by atomic mass is 9.86. The Hall–Kier alpha value is -6.59. The Labute approximate surface area is 304 Å². The zero-order chi connectivity index (χ0) is 35.9. The number of nitrogens with one attached hydrogen (secondary N) is 1. The van der Waals surface area contributed by atoms with Gasteiger partial charge >= 0.3 is 0 Å². The molecule has 0 bridgehead atoms. The Kier molecular flexibility index (Phi) is 10.1. The molecule has 252 valence electrons. The van der Waals surface area contributed by atoms with E-state index in [4.69, 9.17) is 20.4 Å². The molecule has 5 heteroatoms. The van der Waals surface area contributed by atoms with Gasteiger partial charge in [-0.2, -0.15) is 0 Å². The largest absolute Gasteiger partial charge is 0.309 e. The topological polar surface area (TPSA) is 74.9 Å². The summed E-state index contributed by atoms with van der Waals surface area (Å²) in [6.45, 7) is 6.43. The van der Waals surface area contributed by atoms with Crippen molar-refractivity contribution in [3.8, 4) is 44.8 Å². The molecule has 0 spiro atoms. The first-order valence-electron chi connectivity index (χ1n) is 17.5. The van der Waals surface area contributed by atoms with Crippen LogP contribution in [0.3, 0.4) is 0 Å². The zero-order valence-corrected chi connectivity index (χ0v) is 29.6. The van der Waals surface area contributed by atoms with Crippen molar-refractivity contribution in [3.63, 3.8) is 0 Å². The van der Waals surface area contributed by atoms with Crippen LogP contribution in [0.5, 0.6) is 0 Å². The molecule has 7 rings (SSSR count). The summed E-state index contributed by atoms with van der Waals surface area (Å²) in [4.78, 5) is 19.0. The van der Waals surface area contributed by atoms with Gasteiger partial charge in [-0.05, 0) is 126 Å². The summed E-state index contributed by atoms with van der Waals surface area (Å²) in [6, 6.07) is 27.5. The molecule has 0 saturated heterocycles. The third kappa shape index (κ3) is 6.90. The summed E-state index contributed by atoms with van der Waals surface area (Å²) in [7, 11) is 0. The highest BCUT2D eigenvalue weighted by atomic mass is 14.7. The van der Waals surface area contributed by atoms with E-state index < -0.39 is 0 Å². The minimum atomic E-state index is 0.899. The van der Waals surface area contributed by atoms with Crippen LogP contribution in [0.25, 0.3) is 73.4 Å². The summed E-state index contributed by atoms with van der Waals surface area (Å²) >= 11 is 0. The summed E-state index contributed by atoms with van der Waals surface area (Å²) in [5.74, 6) is 0. The van der Waals surface area contributed by atoms with Gasteiger partial charge in [0.15, 0.2) is 0 Å². The van der Waals surface area contributed by atoms with E-state index in [2.05, 4.69) is 85.6 Å². The highest BCUT2D eigenvalue weighted by Gasteiger charge is 2.21. The molecule has 6 aromatic rings. The molecule has 52 heavy (non-hydrogen) atoms. The molecule has 1 aliphatic heterocycles. The van der Waals surface area contributed by atoms with Crippen LogP contribution in [-0.4, -0.2) is 21.2 Å². The zero-order valence-electron chi connectivity index (χ0n) is 29.6. The van der Waals surface area contributed by atoms with E-state index in [1.165, 1.54) is 17.4 Å². The van der Waals surface area contributed by atoms with Crippen molar-refractivity contribution in [1.29, 1.82) is 5.41 Å². The summed E-state index contributed by atoms with van der Waals surface area (Å²) < 4.78 is 0. The number of allylic oxidation sites excluding steroid dienone is 9. The number of hydrogen-bond donors (Lipinski definition) is 1. The molecule has 0 atom stereocenters. The van der Waals surface area contributed by atoms with Gasteiger partial charge < -0.3 is 5.41 Å². The highest BCUT2D eigenvalue weighted by molar-refractivity contribution is 6.06. The molecule has 3 aromatic heterocycles. The highest BCUT2D eigenvalue weighted by Crippen LogP contribution is 2.37. The number of nitrogens with zero attached hydrogens (tertiary/aromatic N) is 4. The van der Waals surface area contributed by atoms with Gasteiger partial charge in [-0.25, -0.2) is 0 Å². The van der Waals surface area contributed by atoms with Gasteiger partial charge in [0.25, 0.3) is 0 Å². The molecule has 1 N–H and O–H groups in total. The quantitative estimate of drug-likeness (QED) is 0.110. The van der Waals surface area contributed by atoms with Crippen molar-refractivity contribution >= 4 is 34.8 Å². The molecular weight excluding hydrogens is 635 g/mol. The van der Waals surface area contributed by atoms with Crippen LogP contribution in [0.4, 0.5) is 0 Å². The van der Waals surface area contributed by atoms with Crippen molar-refractivity contribution in [2.24, 2.45) is 4.99 Å². The van der Waals surface area contributed by atoms with Crippen molar-refractivity contribution < 1.29 is 0 Å². The standard InChI is InChI=1S/C47H39N5/c1-4-6-8-16-39(32(3)5-2)34-24-33(15-9-7-12-20-48)25-37(26-34)46-40-19-23-49-30-41(40)45(42-31-52-47(42)46)38-28-35(43-17-10-13-21-50-43)27-36(29-38)44-18-11-14-22-51-44/h4,6-31,48H,5H2,1-3H3/b6-4-,12-7-,15-9+,16-8-,39-32-,48-20?. The van der Waals surface area contributed by atoms with Gasteiger partial charge in [0.1, 0.15) is 0 Å². The first kappa shape index (κ1) is 33.9. The van der Waals surface area contributed by atoms with Gasteiger partial charge in [-0.1, -0.05) is 67.2 Å². The molecular formula is C47H39N5. The van der Waals surface area contributed by atoms with Gasteiger partial charge in [0, 0.05) is 70.1 Å². The molecule has 1 aliphatic rings. The van der Waals surface area contributed by atoms with Crippen molar-refractivity contribution in [3.05, 3.63) is 173 Å². The maximum absolute atomic E-state index is 7.40. The minimum Gasteiger partial charge on any atom is -0.309 e. The Morgan fingerprint density at radius 1 is 0.712 bits per heavy atom. The Bertz CT molecular complexity index is 2520. The molecule has 0 saturated carbocycles. The Morgan fingerprint density at radius 2 is 1.44 bits per heavy atom. The van der Waals surface area contributed by atoms with E-state index in [1.54, 1.807) is 6.08 Å². The fourth-order valence-corrected chi connectivity index (χ4v) is 6.67. The van der Waals surface area contributed by atoms with E-state index in [0.29, 0.717) is 0 Å². The number of rotatable bonds is 11. The Balaban J connectivity index is 1.49. The van der Waals surface area contributed by atoms with Gasteiger partial charge in [-0.15, -0.1) is 0 Å². The molecule has 5 nitrogen and oxygen atoms in total. The van der Waals surface area contributed by atoms with E-state index in [1.807, 2.05) is 92.5 Å². The molecule has 0 aliphatic carbocycles. The molecule has 3 aromatic carbocycles.